The van der Waals surface area contributed by atoms with E-state index in [-0.39, 0.29) is 24.5 Å². The molecule has 1 spiro atoms. The van der Waals surface area contributed by atoms with Crippen molar-refractivity contribution in [3.05, 3.63) is 34.9 Å². The minimum atomic E-state index is -1.18. The molecule has 2 aliphatic rings. The van der Waals surface area contributed by atoms with Crippen LogP contribution >= 0.6 is 0 Å². The number of nitrogens with one attached hydrogen (secondary N) is 1. The van der Waals surface area contributed by atoms with Crippen molar-refractivity contribution in [3.8, 4) is 0 Å². The van der Waals surface area contributed by atoms with Crippen molar-refractivity contribution in [3.63, 3.8) is 0 Å². The number of aliphatic hydroxyl groups is 1. The second-order valence-corrected chi connectivity index (χ2v) is 9.64. The maximum Gasteiger partial charge on any atom is 0.332 e. The molecule has 4 unspecified atom stereocenters. The summed E-state index contributed by atoms with van der Waals surface area (Å²) in [4.78, 5) is 26.3. The molecule has 1 heterocycles. The van der Waals surface area contributed by atoms with Crippen LogP contribution in [0.15, 0.2) is 18.2 Å². The largest absolute Gasteiger partial charge is 0.458 e. The number of benzene rings is 1. The predicted octanol–water partition coefficient (Wildman–Crippen LogP) is 3.11. The summed E-state index contributed by atoms with van der Waals surface area (Å²) < 4.78 is 17.8. The molecule has 32 heavy (non-hydrogen) atoms. The summed E-state index contributed by atoms with van der Waals surface area (Å²) in [6, 6.07) is 6.00. The molecular weight excluding hydrogens is 410 g/mol. The van der Waals surface area contributed by atoms with Gasteiger partial charge in [-0.2, -0.15) is 0 Å². The van der Waals surface area contributed by atoms with Crippen LogP contribution in [0.4, 0.5) is 0 Å². The minimum Gasteiger partial charge on any atom is -0.458 e. The second kappa shape index (κ2) is 9.49. The molecule has 1 aliphatic heterocycles. The maximum absolute atomic E-state index is 13.2. The molecule has 0 bridgehead atoms. The third-order valence-corrected chi connectivity index (χ3v) is 6.93. The van der Waals surface area contributed by atoms with Gasteiger partial charge < -0.3 is 24.6 Å². The zero-order valence-electron chi connectivity index (χ0n) is 20.1. The lowest BCUT2D eigenvalue weighted by atomic mass is 9.78. The summed E-state index contributed by atoms with van der Waals surface area (Å²) in [6.07, 6.45) is 0.290. The maximum atomic E-state index is 13.2. The highest BCUT2D eigenvalue weighted by atomic mass is 16.8. The third kappa shape index (κ3) is 5.33. The third-order valence-electron chi connectivity index (χ3n) is 6.93. The van der Waals surface area contributed by atoms with Crippen LogP contribution in [0.2, 0.25) is 0 Å². The molecule has 1 amide bonds. The fourth-order valence-electron chi connectivity index (χ4n) is 4.43. The summed E-state index contributed by atoms with van der Waals surface area (Å²) in [5, 5.41) is 12.8. The molecule has 1 aromatic rings. The van der Waals surface area contributed by atoms with E-state index in [1.807, 2.05) is 45.9 Å². The molecule has 0 aromatic heterocycles. The lowest BCUT2D eigenvalue weighted by Gasteiger charge is -2.43. The van der Waals surface area contributed by atoms with Crippen molar-refractivity contribution < 1.29 is 28.9 Å². The lowest BCUT2D eigenvalue weighted by Crippen LogP contribution is -2.60. The van der Waals surface area contributed by atoms with Crippen molar-refractivity contribution in [2.24, 2.45) is 0 Å². The fourth-order valence-corrected chi connectivity index (χ4v) is 4.43. The van der Waals surface area contributed by atoms with Crippen LogP contribution in [-0.2, 0) is 30.2 Å². The number of rotatable bonds is 6. The number of hydrogen-bond acceptors (Lipinski definition) is 6. The van der Waals surface area contributed by atoms with Gasteiger partial charge >= 0.3 is 5.97 Å². The standard InChI is InChI=1S/C25H37NO6/c1-15-7-8-16(2)21(13-15)14-22(28)26-24(23(29)30-18(4)17(3)27)9-11-25(12-10-24)31-19(5)20(6)32-25/h7-8,13,17-20,27H,9-12,14H2,1-6H3,(H,26,28). The zero-order valence-corrected chi connectivity index (χ0v) is 20.1. The smallest absolute Gasteiger partial charge is 0.332 e. The van der Waals surface area contributed by atoms with E-state index in [0.29, 0.717) is 25.7 Å². The van der Waals surface area contributed by atoms with Crippen LogP contribution in [0, 0.1) is 13.8 Å². The molecule has 1 aliphatic carbocycles. The quantitative estimate of drug-likeness (QED) is 0.651. The van der Waals surface area contributed by atoms with Crippen LogP contribution in [0.1, 0.15) is 70.1 Å². The predicted molar refractivity (Wildman–Crippen MR) is 120 cm³/mol. The Hall–Kier alpha value is -1.96. The highest BCUT2D eigenvalue weighted by Crippen LogP contribution is 2.44. The van der Waals surface area contributed by atoms with Crippen molar-refractivity contribution in [2.45, 2.75) is 109 Å². The minimum absolute atomic E-state index is 0.0244. The second-order valence-electron chi connectivity index (χ2n) is 9.64. The summed E-state index contributed by atoms with van der Waals surface area (Å²) in [7, 11) is 0. The van der Waals surface area contributed by atoms with Gasteiger partial charge in [0.15, 0.2) is 5.79 Å². The van der Waals surface area contributed by atoms with E-state index in [4.69, 9.17) is 14.2 Å². The highest BCUT2D eigenvalue weighted by Gasteiger charge is 2.54. The van der Waals surface area contributed by atoms with Crippen LogP contribution in [0.25, 0.3) is 0 Å². The molecule has 7 nitrogen and oxygen atoms in total. The van der Waals surface area contributed by atoms with E-state index in [1.165, 1.54) is 0 Å². The van der Waals surface area contributed by atoms with Gasteiger partial charge in [-0.05, 0) is 65.5 Å². The SMILES string of the molecule is Cc1ccc(C)c(CC(=O)NC2(C(=O)OC(C)C(C)O)CCC3(CC2)OC(C)C(C)O3)c1. The van der Waals surface area contributed by atoms with Gasteiger partial charge in [0, 0.05) is 12.8 Å². The van der Waals surface area contributed by atoms with Crippen LogP contribution < -0.4 is 5.32 Å². The first-order valence-corrected chi connectivity index (χ1v) is 11.6. The Kier molecular flexibility index (Phi) is 7.32. The Balaban J connectivity index is 1.77. The van der Waals surface area contributed by atoms with Crippen molar-refractivity contribution in [1.82, 2.24) is 5.32 Å². The van der Waals surface area contributed by atoms with Gasteiger partial charge in [0.2, 0.25) is 5.91 Å². The van der Waals surface area contributed by atoms with Crippen LogP contribution in [-0.4, -0.2) is 52.7 Å². The average molecular weight is 448 g/mol. The Bertz CT molecular complexity index is 831. The van der Waals surface area contributed by atoms with E-state index < -0.39 is 29.5 Å². The topological polar surface area (TPSA) is 94.1 Å². The number of aryl methyl sites for hydroxylation is 2. The lowest BCUT2D eigenvalue weighted by molar-refractivity contribution is -0.206. The molecule has 2 fully saturated rings. The van der Waals surface area contributed by atoms with E-state index in [1.54, 1.807) is 13.8 Å². The molecule has 4 atom stereocenters. The van der Waals surface area contributed by atoms with Gasteiger partial charge in [-0.25, -0.2) is 4.79 Å². The Morgan fingerprint density at radius 1 is 1.12 bits per heavy atom. The summed E-state index contributed by atoms with van der Waals surface area (Å²) in [5.41, 5.74) is 1.87. The Morgan fingerprint density at radius 3 is 2.28 bits per heavy atom. The van der Waals surface area contributed by atoms with E-state index in [9.17, 15) is 14.7 Å². The van der Waals surface area contributed by atoms with Gasteiger partial charge in [0.05, 0.1) is 24.7 Å². The number of carbonyl (C=O) groups excluding carboxylic acids is 2. The first-order chi connectivity index (χ1) is 15.0. The molecule has 0 radical (unpaired) electrons. The fraction of sp³-hybridized carbons (Fsp3) is 0.680. The van der Waals surface area contributed by atoms with E-state index >= 15 is 0 Å². The van der Waals surface area contributed by atoms with Crippen molar-refractivity contribution in [1.29, 1.82) is 0 Å². The molecule has 178 valence electrons. The van der Waals surface area contributed by atoms with Gasteiger partial charge in [0.1, 0.15) is 11.6 Å². The normalized spacial score (nSPS) is 31.8. The first-order valence-electron chi connectivity index (χ1n) is 11.6. The van der Waals surface area contributed by atoms with E-state index in [2.05, 4.69) is 5.32 Å². The summed E-state index contributed by atoms with van der Waals surface area (Å²) in [5.74, 6) is -1.48. The van der Waals surface area contributed by atoms with E-state index in [0.717, 1.165) is 16.7 Å². The zero-order chi connectivity index (χ0) is 23.7. The summed E-state index contributed by atoms with van der Waals surface area (Å²) >= 11 is 0. The molecular formula is C25H37NO6. The summed E-state index contributed by atoms with van der Waals surface area (Å²) in [6.45, 7) is 11.1. The molecule has 1 saturated heterocycles. The average Bonchev–Trinajstić information content (AvgIpc) is 3.00. The molecule has 7 heteroatoms. The monoisotopic (exact) mass is 447 g/mol. The number of esters is 1. The van der Waals surface area contributed by atoms with Gasteiger partial charge in [0.25, 0.3) is 0 Å². The van der Waals surface area contributed by atoms with Crippen molar-refractivity contribution >= 4 is 11.9 Å². The number of carbonyl (C=O) groups is 2. The molecule has 1 saturated carbocycles. The van der Waals surface area contributed by atoms with Gasteiger partial charge in [-0.1, -0.05) is 23.8 Å². The Morgan fingerprint density at radius 2 is 1.72 bits per heavy atom. The number of aliphatic hydroxyl groups excluding tert-OH is 1. The van der Waals surface area contributed by atoms with Crippen LogP contribution in [0.3, 0.4) is 0 Å². The molecule has 1 aromatic carbocycles. The van der Waals surface area contributed by atoms with Crippen molar-refractivity contribution in [2.75, 3.05) is 0 Å². The number of hydrogen-bond donors (Lipinski definition) is 2. The number of ether oxygens (including phenoxy) is 3. The first kappa shape index (κ1) is 24.7. The van der Waals surface area contributed by atoms with Crippen LogP contribution in [0.5, 0.6) is 0 Å². The Labute approximate surface area is 190 Å². The van der Waals surface area contributed by atoms with Gasteiger partial charge in [-0.3, -0.25) is 4.79 Å². The molecule has 3 rings (SSSR count). The highest BCUT2D eigenvalue weighted by molar-refractivity contribution is 5.89. The number of amides is 1. The molecule has 2 N–H and O–H groups in total. The van der Waals surface area contributed by atoms with Gasteiger partial charge in [-0.15, -0.1) is 0 Å².